The Labute approximate surface area is 154 Å². The summed E-state index contributed by atoms with van der Waals surface area (Å²) in [6.07, 6.45) is 0.600. The van der Waals surface area contributed by atoms with Crippen molar-refractivity contribution in [1.82, 2.24) is 20.5 Å². The first-order valence-corrected chi connectivity index (χ1v) is 9.01. The number of aliphatic hydroxyl groups excluding tert-OH is 2. The maximum absolute atomic E-state index is 11.8. The monoisotopic (exact) mass is 366 g/mol. The Hall–Kier alpha value is -1.74. The summed E-state index contributed by atoms with van der Waals surface area (Å²) < 4.78 is 5.76. The van der Waals surface area contributed by atoms with E-state index in [1.54, 1.807) is 6.20 Å². The fraction of sp³-hybridized carbons (Fsp3) is 0.667. The zero-order chi connectivity index (χ0) is 19.1. The van der Waals surface area contributed by atoms with Gasteiger partial charge < -0.3 is 25.6 Å². The van der Waals surface area contributed by atoms with Crippen LogP contribution in [0.25, 0.3) is 0 Å². The normalized spacial score (nSPS) is 25.7. The summed E-state index contributed by atoms with van der Waals surface area (Å²) in [7, 11) is 1.90. The number of urea groups is 1. The number of rotatable bonds is 8. The van der Waals surface area contributed by atoms with Crippen molar-refractivity contribution in [2.75, 3.05) is 26.7 Å². The van der Waals surface area contributed by atoms with E-state index in [2.05, 4.69) is 15.6 Å². The van der Waals surface area contributed by atoms with Crippen LogP contribution in [0.1, 0.15) is 19.5 Å². The minimum atomic E-state index is -0.825. The smallest absolute Gasteiger partial charge is 0.315 e. The summed E-state index contributed by atoms with van der Waals surface area (Å²) >= 11 is 0. The number of nitrogens with zero attached hydrogens (tertiary/aromatic N) is 2. The van der Waals surface area contributed by atoms with Crippen LogP contribution in [0.15, 0.2) is 24.4 Å². The summed E-state index contributed by atoms with van der Waals surface area (Å²) in [4.78, 5) is 18.1. The van der Waals surface area contributed by atoms with Crippen LogP contribution in [-0.2, 0) is 11.2 Å². The molecule has 2 heterocycles. The van der Waals surface area contributed by atoms with Crippen LogP contribution in [0.5, 0.6) is 0 Å². The molecule has 1 fully saturated rings. The number of aromatic nitrogens is 1. The maximum atomic E-state index is 11.8. The Morgan fingerprint density at radius 3 is 2.77 bits per heavy atom. The van der Waals surface area contributed by atoms with Crippen LogP contribution >= 0.6 is 0 Å². The van der Waals surface area contributed by atoms with Gasteiger partial charge in [-0.1, -0.05) is 6.07 Å². The summed E-state index contributed by atoms with van der Waals surface area (Å²) in [5, 5.41) is 25.5. The van der Waals surface area contributed by atoms with Crippen molar-refractivity contribution in [3.8, 4) is 0 Å². The van der Waals surface area contributed by atoms with Gasteiger partial charge in [-0.25, -0.2) is 4.79 Å². The van der Waals surface area contributed by atoms with Crippen LogP contribution in [0.2, 0.25) is 0 Å². The number of carbonyl (C=O) groups excluding carboxylic acids is 1. The van der Waals surface area contributed by atoms with Crippen molar-refractivity contribution in [2.24, 2.45) is 0 Å². The number of hydrogen-bond acceptors (Lipinski definition) is 6. The lowest BCUT2D eigenvalue weighted by Crippen LogP contribution is -2.51. The molecule has 146 valence electrons. The van der Waals surface area contributed by atoms with Gasteiger partial charge in [-0.2, -0.15) is 0 Å². The predicted octanol–water partition coefficient (Wildman–Crippen LogP) is -0.247. The molecule has 0 aliphatic carbocycles. The fourth-order valence-corrected chi connectivity index (χ4v) is 3.18. The number of ether oxygens (including phenoxy) is 1. The van der Waals surface area contributed by atoms with Crippen LogP contribution in [0.3, 0.4) is 0 Å². The third kappa shape index (κ3) is 5.63. The van der Waals surface area contributed by atoms with Crippen LogP contribution < -0.4 is 10.6 Å². The summed E-state index contributed by atoms with van der Waals surface area (Å²) in [5.74, 6) is 0. The van der Waals surface area contributed by atoms with Gasteiger partial charge in [0.05, 0.1) is 18.8 Å². The molecule has 1 aromatic heterocycles. The first-order chi connectivity index (χ1) is 12.4. The molecule has 1 aliphatic heterocycles. The van der Waals surface area contributed by atoms with Crippen molar-refractivity contribution in [3.05, 3.63) is 30.1 Å². The molecule has 0 radical (unpaired) electrons. The van der Waals surface area contributed by atoms with Gasteiger partial charge in [-0.05, 0) is 33.0 Å². The molecule has 2 rings (SSSR count). The van der Waals surface area contributed by atoms with Crippen molar-refractivity contribution >= 4 is 6.03 Å². The van der Waals surface area contributed by atoms with Gasteiger partial charge in [0.2, 0.25) is 0 Å². The summed E-state index contributed by atoms with van der Waals surface area (Å²) in [6, 6.07) is 5.21. The first kappa shape index (κ1) is 20.6. The average Bonchev–Trinajstić information content (AvgIpc) is 2.94. The number of carbonyl (C=O) groups is 1. The van der Waals surface area contributed by atoms with E-state index in [1.807, 2.05) is 44.0 Å². The van der Waals surface area contributed by atoms with Gasteiger partial charge in [0, 0.05) is 37.4 Å². The summed E-state index contributed by atoms with van der Waals surface area (Å²) in [5.41, 5.74) is 0.970. The number of pyridine rings is 1. The van der Waals surface area contributed by atoms with Gasteiger partial charge in [-0.15, -0.1) is 0 Å². The SMILES string of the molecule is CC(C)NC(=O)NC[C@H]1O[C@@H](CO)[C@@H](O)[C@H]1N(C)CCc1ccccn1. The highest BCUT2D eigenvalue weighted by Crippen LogP contribution is 2.25. The lowest BCUT2D eigenvalue weighted by Gasteiger charge is -2.30. The number of likely N-dealkylation sites (N-methyl/N-ethyl adjacent to an activating group) is 1. The number of amides is 2. The number of aliphatic hydroxyl groups is 2. The van der Waals surface area contributed by atoms with Gasteiger partial charge in [0.1, 0.15) is 12.2 Å². The maximum Gasteiger partial charge on any atom is 0.315 e. The Bertz CT molecular complexity index is 557. The van der Waals surface area contributed by atoms with Crippen molar-refractivity contribution in [1.29, 1.82) is 0 Å². The molecule has 26 heavy (non-hydrogen) atoms. The quantitative estimate of drug-likeness (QED) is 0.506. The first-order valence-electron chi connectivity index (χ1n) is 9.01. The molecule has 0 aromatic carbocycles. The largest absolute Gasteiger partial charge is 0.394 e. The van der Waals surface area contributed by atoms with Crippen LogP contribution in [0.4, 0.5) is 4.79 Å². The molecule has 1 saturated heterocycles. The second-order valence-electron chi connectivity index (χ2n) is 6.94. The van der Waals surface area contributed by atoms with E-state index in [-0.39, 0.29) is 31.3 Å². The molecule has 0 unspecified atom stereocenters. The minimum absolute atomic E-state index is 0.0344. The van der Waals surface area contributed by atoms with E-state index in [0.29, 0.717) is 6.54 Å². The third-order valence-electron chi connectivity index (χ3n) is 4.48. The zero-order valence-electron chi connectivity index (χ0n) is 15.6. The number of nitrogens with one attached hydrogen (secondary N) is 2. The molecule has 0 saturated carbocycles. The Morgan fingerprint density at radius 2 is 2.15 bits per heavy atom. The molecular formula is C18H30N4O4. The second-order valence-corrected chi connectivity index (χ2v) is 6.94. The Kier molecular flexibility index (Phi) is 7.77. The second kappa shape index (κ2) is 9.82. The Balaban J connectivity index is 1.95. The zero-order valence-corrected chi connectivity index (χ0v) is 15.6. The van der Waals surface area contributed by atoms with Crippen LogP contribution in [-0.4, -0.2) is 83.3 Å². The molecule has 0 spiro atoms. The van der Waals surface area contributed by atoms with Crippen LogP contribution in [0, 0.1) is 0 Å². The van der Waals surface area contributed by atoms with E-state index < -0.39 is 18.3 Å². The van der Waals surface area contributed by atoms with Crippen molar-refractivity contribution in [2.45, 2.75) is 50.7 Å². The molecule has 8 heteroatoms. The topological polar surface area (TPSA) is 107 Å². The van der Waals surface area contributed by atoms with Crippen molar-refractivity contribution < 1.29 is 19.7 Å². The minimum Gasteiger partial charge on any atom is -0.394 e. The molecule has 2 amide bonds. The summed E-state index contributed by atoms with van der Waals surface area (Å²) in [6.45, 7) is 4.43. The average molecular weight is 366 g/mol. The molecule has 1 aromatic rings. The molecule has 1 aliphatic rings. The molecule has 8 nitrogen and oxygen atoms in total. The molecule has 0 bridgehead atoms. The van der Waals surface area contributed by atoms with Crippen molar-refractivity contribution in [3.63, 3.8) is 0 Å². The highest BCUT2D eigenvalue weighted by molar-refractivity contribution is 5.74. The standard InChI is InChI=1S/C18H30N4O4/c1-12(2)21-18(25)20-10-14-16(17(24)15(11-23)26-14)22(3)9-7-13-6-4-5-8-19-13/h4-6,8,12,14-17,23-24H,7,9-11H2,1-3H3,(H2,20,21,25)/t14-,15+,16+,17-/m1/s1. The van der Waals surface area contributed by atoms with E-state index in [1.165, 1.54) is 0 Å². The van der Waals surface area contributed by atoms with Gasteiger partial charge in [0.25, 0.3) is 0 Å². The van der Waals surface area contributed by atoms with Gasteiger partial charge >= 0.3 is 6.03 Å². The van der Waals surface area contributed by atoms with Gasteiger partial charge in [-0.3, -0.25) is 9.88 Å². The van der Waals surface area contributed by atoms with E-state index >= 15 is 0 Å². The highest BCUT2D eigenvalue weighted by Gasteiger charge is 2.45. The lowest BCUT2D eigenvalue weighted by atomic mass is 10.0. The highest BCUT2D eigenvalue weighted by atomic mass is 16.5. The van der Waals surface area contributed by atoms with Gasteiger partial charge in [0.15, 0.2) is 0 Å². The predicted molar refractivity (Wildman–Crippen MR) is 97.8 cm³/mol. The molecular weight excluding hydrogens is 336 g/mol. The van der Waals surface area contributed by atoms with E-state index in [9.17, 15) is 15.0 Å². The van der Waals surface area contributed by atoms with E-state index in [4.69, 9.17) is 4.74 Å². The van der Waals surface area contributed by atoms with E-state index in [0.717, 1.165) is 12.1 Å². The molecule has 4 atom stereocenters. The fourth-order valence-electron chi connectivity index (χ4n) is 3.18. The Morgan fingerprint density at radius 1 is 1.38 bits per heavy atom. The molecule has 4 N–H and O–H groups in total. The lowest BCUT2D eigenvalue weighted by molar-refractivity contribution is -0.0206. The third-order valence-corrected chi connectivity index (χ3v) is 4.48. The number of hydrogen-bond donors (Lipinski definition) is 4.